The number of hydrogen-bond donors (Lipinski definition) is 7. The maximum atomic E-state index is 13.0. The molecule has 248 valence electrons. The Kier molecular flexibility index (Phi) is 18.2. The number of carbonyl (C=O) groups excluding carboxylic acids is 1. The second kappa shape index (κ2) is 21.0. The zero-order valence-corrected chi connectivity index (χ0v) is 25.9. The highest BCUT2D eigenvalue weighted by molar-refractivity contribution is 5.94. The number of aliphatic hydroxyl groups is 6. The molecular formula is C32H55NO10. The molecule has 1 amide bonds. The summed E-state index contributed by atoms with van der Waals surface area (Å²) in [5.74, 6) is -0.0766. The topological polar surface area (TPSA) is 178 Å². The van der Waals surface area contributed by atoms with Crippen molar-refractivity contribution in [3.05, 3.63) is 29.8 Å². The number of ether oxygens (including phenoxy) is 3. The Bertz CT molecular complexity index is 887. The zero-order chi connectivity index (χ0) is 31.6. The van der Waals surface area contributed by atoms with E-state index in [2.05, 4.69) is 12.2 Å². The molecule has 7 N–H and O–H groups in total. The fourth-order valence-electron chi connectivity index (χ4n) is 5.28. The number of rotatable bonds is 22. The second-order valence-corrected chi connectivity index (χ2v) is 11.6. The van der Waals surface area contributed by atoms with E-state index in [1.54, 1.807) is 18.2 Å². The van der Waals surface area contributed by atoms with Gasteiger partial charge in [0.1, 0.15) is 36.3 Å². The molecule has 43 heavy (non-hydrogen) atoms. The van der Waals surface area contributed by atoms with Crippen LogP contribution in [0.3, 0.4) is 0 Å². The van der Waals surface area contributed by atoms with Gasteiger partial charge in [0, 0.05) is 5.56 Å². The SMILES string of the molecule is CCCCCCCCCCCCCC[C@@H](O)[C@@H](O)[C@H](CO[C@H]1O[C@H](CO)[C@H](O)[C@H](O)[C@H]1O)NC(=O)c1cccc(OC)c1. The lowest BCUT2D eigenvalue weighted by Gasteiger charge is -2.40. The Balaban J connectivity index is 1.89. The number of nitrogens with one attached hydrogen (secondary N) is 1. The molecule has 8 atom stereocenters. The van der Waals surface area contributed by atoms with Crippen molar-refractivity contribution in [3.8, 4) is 5.75 Å². The van der Waals surface area contributed by atoms with E-state index in [-0.39, 0.29) is 5.56 Å². The lowest BCUT2D eigenvalue weighted by atomic mass is 9.98. The van der Waals surface area contributed by atoms with Gasteiger partial charge in [-0.2, -0.15) is 0 Å². The predicted octanol–water partition coefficient (Wildman–Crippen LogP) is 2.42. The van der Waals surface area contributed by atoms with E-state index in [1.807, 2.05) is 0 Å². The van der Waals surface area contributed by atoms with E-state index in [0.717, 1.165) is 19.3 Å². The van der Waals surface area contributed by atoms with Gasteiger partial charge in [0.2, 0.25) is 0 Å². The highest BCUT2D eigenvalue weighted by Crippen LogP contribution is 2.23. The molecule has 1 heterocycles. The van der Waals surface area contributed by atoms with Crippen molar-refractivity contribution in [1.29, 1.82) is 0 Å². The maximum Gasteiger partial charge on any atom is 0.251 e. The molecule has 11 heteroatoms. The number of carbonyl (C=O) groups is 1. The van der Waals surface area contributed by atoms with Crippen LogP contribution in [0, 0.1) is 0 Å². The van der Waals surface area contributed by atoms with Crippen molar-refractivity contribution in [1.82, 2.24) is 5.32 Å². The van der Waals surface area contributed by atoms with Crippen LogP contribution >= 0.6 is 0 Å². The number of methoxy groups -OCH3 is 1. The monoisotopic (exact) mass is 613 g/mol. The first kappa shape index (κ1) is 37.4. The Morgan fingerprint density at radius 3 is 2.09 bits per heavy atom. The molecule has 0 bridgehead atoms. The summed E-state index contributed by atoms with van der Waals surface area (Å²) in [5, 5.41) is 64.4. The van der Waals surface area contributed by atoms with Gasteiger partial charge in [-0.15, -0.1) is 0 Å². The summed E-state index contributed by atoms with van der Waals surface area (Å²) in [7, 11) is 1.48. The first-order valence-corrected chi connectivity index (χ1v) is 16.0. The van der Waals surface area contributed by atoms with Crippen molar-refractivity contribution in [2.45, 2.75) is 139 Å². The molecule has 0 aromatic heterocycles. The molecule has 1 fully saturated rings. The minimum Gasteiger partial charge on any atom is -0.497 e. The van der Waals surface area contributed by atoms with Crippen LogP contribution in [0.2, 0.25) is 0 Å². The van der Waals surface area contributed by atoms with Crippen molar-refractivity contribution in [3.63, 3.8) is 0 Å². The van der Waals surface area contributed by atoms with Crippen LogP contribution < -0.4 is 10.1 Å². The van der Waals surface area contributed by atoms with Crippen LogP contribution in [0.25, 0.3) is 0 Å². The summed E-state index contributed by atoms with van der Waals surface area (Å²) in [5.41, 5.74) is 0.264. The normalized spacial score (nSPS) is 24.3. The van der Waals surface area contributed by atoms with Gasteiger partial charge in [0.05, 0.1) is 32.5 Å². The first-order valence-electron chi connectivity index (χ1n) is 16.0. The summed E-state index contributed by atoms with van der Waals surface area (Å²) in [6, 6.07) is 5.32. The fraction of sp³-hybridized carbons (Fsp3) is 0.781. The van der Waals surface area contributed by atoms with Crippen LogP contribution in [-0.2, 0) is 9.47 Å². The summed E-state index contributed by atoms with van der Waals surface area (Å²) in [6.07, 6.45) is 4.39. The maximum absolute atomic E-state index is 13.0. The first-order chi connectivity index (χ1) is 20.7. The molecular weight excluding hydrogens is 558 g/mol. The van der Waals surface area contributed by atoms with Gasteiger partial charge >= 0.3 is 0 Å². The van der Waals surface area contributed by atoms with Gasteiger partial charge in [-0.3, -0.25) is 4.79 Å². The highest BCUT2D eigenvalue weighted by atomic mass is 16.7. The Hall–Kier alpha value is -1.83. The van der Waals surface area contributed by atoms with Gasteiger partial charge in [0.25, 0.3) is 5.91 Å². The van der Waals surface area contributed by atoms with Crippen LogP contribution in [0.15, 0.2) is 24.3 Å². The molecule has 1 aromatic rings. The molecule has 1 aromatic carbocycles. The van der Waals surface area contributed by atoms with Crippen molar-refractivity contribution in [2.75, 3.05) is 20.3 Å². The molecule has 0 aliphatic carbocycles. The van der Waals surface area contributed by atoms with Gasteiger partial charge in [-0.05, 0) is 24.6 Å². The Labute approximate surface area is 256 Å². The largest absolute Gasteiger partial charge is 0.497 e. The molecule has 0 unspecified atom stereocenters. The standard InChI is InChI=1S/C32H55NO10/c1-3-4-5-6-7-8-9-10-11-12-13-14-18-25(35)27(36)24(33-31(40)22-16-15-17-23(19-22)41-2)21-42-32-30(39)29(38)28(37)26(20-34)43-32/h15-17,19,24-30,32,34-39H,3-14,18,20-21H2,1-2H3,(H,33,40)/t24-,25+,26+,27-,28-,29-,30+,32-/m0/s1. The van der Waals surface area contributed by atoms with E-state index in [1.165, 1.54) is 64.5 Å². The molecule has 0 radical (unpaired) electrons. The number of hydrogen-bond acceptors (Lipinski definition) is 10. The van der Waals surface area contributed by atoms with E-state index in [9.17, 15) is 35.4 Å². The van der Waals surface area contributed by atoms with Crippen LogP contribution in [0.1, 0.15) is 101 Å². The quantitative estimate of drug-likeness (QED) is 0.0961. The fourth-order valence-corrected chi connectivity index (χ4v) is 5.28. The third-order valence-electron chi connectivity index (χ3n) is 8.10. The lowest BCUT2D eigenvalue weighted by molar-refractivity contribution is -0.303. The Morgan fingerprint density at radius 2 is 1.51 bits per heavy atom. The van der Waals surface area contributed by atoms with Crippen molar-refractivity contribution < 1.29 is 49.6 Å². The number of amides is 1. The predicted molar refractivity (Wildman–Crippen MR) is 162 cm³/mol. The van der Waals surface area contributed by atoms with E-state index in [0.29, 0.717) is 18.6 Å². The van der Waals surface area contributed by atoms with E-state index in [4.69, 9.17) is 14.2 Å². The molecule has 0 saturated carbocycles. The average molecular weight is 614 g/mol. The van der Waals surface area contributed by atoms with Gasteiger partial charge in [-0.25, -0.2) is 0 Å². The summed E-state index contributed by atoms with van der Waals surface area (Å²) >= 11 is 0. The number of aliphatic hydroxyl groups excluding tert-OH is 6. The number of unbranched alkanes of at least 4 members (excludes halogenated alkanes) is 11. The summed E-state index contributed by atoms with van der Waals surface area (Å²) < 4.78 is 16.2. The summed E-state index contributed by atoms with van der Waals surface area (Å²) in [6.45, 7) is 1.21. The second-order valence-electron chi connectivity index (χ2n) is 11.6. The molecule has 0 spiro atoms. The molecule has 11 nitrogen and oxygen atoms in total. The smallest absolute Gasteiger partial charge is 0.251 e. The average Bonchev–Trinajstić information content (AvgIpc) is 3.02. The minimum absolute atomic E-state index is 0.264. The third-order valence-corrected chi connectivity index (χ3v) is 8.10. The van der Waals surface area contributed by atoms with Gasteiger partial charge < -0.3 is 50.2 Å². The highest BCUT2D eigenvalue weighted by Gasteiger charge is 2.44. The molecule has 1 aliphatic heterocycles. The number of benzene rings is 1. The van der Waals surface area contributed by atoms with Gasteiger partial charge in [-0.1, -0.05) is 90.0 Å². The minimum atomic E-state index is -1.64. The van der Waals surface area contributed by atoms with Crippen molar-refractivity contribution >= 4 is 5.91 Å². The van der Waals surface area contributed by atoms with Gasteiger partial charge in [0.15, 0.2) is 6.29 Å². The van der Waals surface area contributed by atoms with Crippen LogP contribution in [-0.4, -0.2) is 106 Å². The lowest BCUT2D eigenvalue weighted by Crippen LogP contribution is -2.60. The third kappa shape index (κ3) is 13.0. The molecule has 2 rings (SSSR count). The molecule has 1 aliphatic rings. The van der Waals surface area contributed by atoms with Crippen LogP contribution in [0.4, 0.5) is 0 Å². The van der Waals surface area contributed by atoms with E-state index >= 15 is 0 Å². The summed E-state index contributed by atoms with van der Waals surface area (Å²) in [4.78, 5) is 13.0. The van der Waals surface area contributed by atoms with Crippen molar-refractivity contribution in [2.24, 2.45) is 0 Å². The molecule has 1 saturated heterocycles. The van der Waals surface area contributed by atoms with E-state index < -0.39 is 68.1 Å². The Morgan fingerprint density at radius 1 is 0.907 bits per heavy atom. The zero-order valence-electron chi connectivity index (χ0n) is 25.9. The van der Waals surface area contributed by atoms with Crippen LogP contribution in [0.5, 0.6) is 5.75 Å².